The van der Waals surface area contributed by atoms with Crippen LogP contribution in [0.15, 0.2) is 53.0 Å². The lowest BCUT2D eigenvalue weighted by molar-refractivity contribution is -0.871. The largest absolute Gasteiger partial charge is 0.488 e. The molecule has 0 saturated heterocycles. The van der Waals surface area contributed by atoms with Crippen molar-refractivity contribution < 1.29 is 14.4 Å². The van der Waals surface area contributed by atoms with Gasteiger partial charge in [-0.05, 0) is 52.3 Å². The van der Waals surface area contributed by atoms with Crippen molar-refractivity contribution in [3.05, 3.63) is 58.0 Å². The van der Waals surface area contributed by atoms with Crippen LogP contribution in [0.25, 0.3) is 0 Å². The fraction of sp³-hybridized carbons (Fsp3) is 0.235. The second-order valence-corrected chi connectivity index (χ2v) is 6.51. The fourth-order valence-corrected chi connectivity index (χ4v) is 2.50. The van der Waals surface area contributed by atoms with E-state index in [9.17, 15) is 4.79 Å². The number of carbonyl (C=O) groups excluding carboxylic acids is 1. The smallest absolute Gasteiger partial charge is 0.279 e. The Morgan fingerprint density at radius 1 is 1.22 bits per heavy atom. The van der Waals surface area contributed by atoms with E-state index in [0.717, 1.165) is 27.4 Å². The van der Waals surface area contributed by atoms with Crippen LogP contribution in [0.1, 0.15) is 0 Å². The monoisotopic (exact) mass is 397 g/mol. The predicted octanol–water partition coefficient (Wildman–Crippen LogP) is 2.63. The highest BCUT2D eigenvalue weighted by molar-refractivity contribution is 9.10. The second-order valence-electron chi connectivity index (χ2n) is 5.21. The summed E-state index contributed by atoms with van der Waals surface area (Å²) in [6, 6.07) is 14.8. The van der Waals surface area contributed by atoms with Crippen LogP contribution in [0.3, 0.4) is 0 Å². The molecule has 2 rings (SSSR count). The number of hydrogen-bond donors (Lipinski definition) is 2. The van der Waals surface area contributed by atoms with Gasteiger partial charge < -0.3 is 15.0 Å². The summed E-state index contributed by atoms with van der Waals surface area (Å²) in [6.45, 7) is 1.65. The maximum Gasteiger partial charge on any atom is 0.279 e. The number of anilines is 1. The molecule has 4 nitrogen and oxygen atoms in total. The molecule has 1 atom stereocenters. The summed E-state index contributed by atoms with van der Waals surface area (Å²) in [5.74, 6) is 0.751. The molecule has 1 unspecified atom stereocenters. The van der Waals surface area contributed by atoms with Gasteiger partial charge in [0.25, 0.3) is 5.91 Å². The Labute approximate surface area is 149 Å². The lowest BCUT2D eigenvalue weighted by Gasteiger charge is -2.15. The van der Waals surface area contributed by atoms with E-state index in [2.05, 4.69) is 21.2 Å². The van der Waals surface area contributed by atoms with Gasteiger partial charge in [-0.2, -0.15) is 0 Å². The molecule has 0 bridgehead atoms. The Morgan fingerprint density at radius 3 is 2.61 bits per heavy atom. The number of quaternary nitrogens is 1. The van der Waals surface area contributed by atoms with E-state index < -0.39 is 0 Å². The Bertz CT molecular complexity index is 649. The molecule has 1 amide bonds. The van der Waals surface area contributed by atoms with Gasteiger partial charge in [0.2, 0.25) is 0 Å². The first-order valence-corrected chi connectivity index (χ1v) is 8.46. The van der Waals surface area contributed by atoms with Crippen molar-refractivity contribution in [1.82, 2.24) is 0 Å². The quantitative estimate of drug-likeness (QED) is 0.753. The van der Waals surface area contributed by atoms with Gasteiger partial charge >= 0.3 is 0 Å². The summed E-state index contributed by atoms with van der Waals surface area (Å²) in [7, 11) is 1.96. The summed E-state index contributed by atoms with van der Waals surface area (Å²) in [4.78, 5) is 13.1. The van der Waals surface area contributed by atoms with E-state index in [-0.39, 0.29) is 5.91 Å². The average molecular weight is 399 g/mol. The van der Waals surface area contributed by atoms with Crippen LogP contribution >= 0.6 is 27.5 Å². The zero-order chi connectivity index (χ0) is 16.7. The third-order valence-corrected chi connectivity index (χ3v) is 4.16. The van der Waals surface area contributed by atoms with Gasteiger partial charge in [-0.3, -0.25) is 4.79 Å². The van der Waals surface area contributed by atoms with E-state index in [0.29, 0.717) is 18.2 Å². The predicted molar refractivity (Wildman–Crippen MR) is 96.3 cm³/mol. The van der Waals surface area contributed by atoms with E-state index in [1.165, 1.54) is 0 Å². The van der Waals surface area contributed by atoms with Gasteiger partial charge in [-0.25, -0.2) is 0 Å². The van der Waals surface area contributed by atoms with Crippen molar-refractivity contribution in [2.75, 3.05) is 32.1 Å². The molecular weight excluding hydrogens is 380 g/mol. The Morgan fingerprint density at radius 2 is 1.91 bits per heavy atom. The maximum atomic E-state index is 12.0. The second kappa shape index (κ2) is 8.91. The first-order valence-electron chi connectivity index (χ1n) is 7.28. The zero-order valence-corrected chi connectivity index (χ0v) is 15.2. The molecule has 122 valence electrons. The number of halogens is 2. The van der Waals surface area contributed by atoms with E-state index in [1.54, 1.807) is 12.1 Å². The van der Waals surface area contributed by atoms with E-state index in [1.807, 2.05) is 43.4 Å². The summed E-state index contributed by atoms with van der Waals surface area (Å²) in [6.07, 6.45) is 0. The number of hydrogen-bond acceptors (Lipinski definition) is 2. The Kier molecular flexibility index (Phi) is 6.89. The van der Waals surface area contributed by atoms with Crippen molar-refractivity contribution in [1.29, 1.82) is 0 Å². The van der Waals surface area contributed by atoms with Crippen LogP contribution < -0.4 is 15.0 Å². The summed E-state index contributed by atoms with van der Waals surface area (Å²) in [5, 5.41) is 3.58. The number of ether oxygens (including phenoxy) is 1. The first kappa shape index (κ1) is 17.8. The number of benzene rings is 2. The van der Waals surface area contributed by atoms with E-state index in [4.69, 9.17) is 16.3 Å². The highest BCUT2D eigenvalue weighted by Gasteiger charge is 2.11. The third kappa shape index (κ3) is 6.22. The van der Waals surface area contributed by atoms with Gasteiger partial charge in [-0.1, -0.05) is 23.7 Å². The number of carbonyl (C=O) groups is 1. The minimum absolute atomic E-state index is 0.0270. The minimum atomic E-state index is -0.0270. The summed E-state index contributed by atoms with van der Waals surface area (Å²) < 4.78 is 6.50. The number of likely N-dealkylation sites (N-methyl/N-ethyl adjacent to an activating group) is 1. The molecule has 23 heavy (non-hydrogen) atoms. The zero-order valence-electron chi connectivity index (χ0n) is 12.8. The molecule has 0 fully saturated rings. The molecule has 2 aromatic carbocycles. The fourth-order valence-electron chi connectivity index (χ4n) is 1.99. The molecular formula is C17H19BrClN2O2+. The van der Waals surface area contributed by atoms with Crippen molar-refractivity contribution >= 4 is 39.1 Å². The number of para-hydroxylation sites is 1. The molecule has 2 aromatic rings. The topological polar surface area (TPSA) is 42.8 Å². The molecule has 0 aliphatic carbocycles. The van der Waals surface area contributed by atoms with Crippen molar-refractivity contribution in [3.8, 4) is 5.75 Å². The van der Waals surface area contributed by atoms with Crippen LogP contribution in [0.5, 0.6) is 5.75 Å². The van der Waals surface area contributed by atoms with Crippen molar-refractivity contribution in [2.45, 2.75) is 0 Å². The third-order valence-electron chi connectivity index (χ3n) is 3.22. The van der Waals surface area contributed by atoms with Gasteiger partial charge in [-0.15, -0.1) is 0 Å². The lowest BCUT2D eigenvalue weighted by Crippen LogP contribution is -3.10. The van der Waals surface area contributed by atoms with Gasteiger partial charge in [0.1, 0.15) is 18.9 Å². The van der Waals surface area contributed by atoms with Crippen molar-refractivity contribution in [2.24, 2.45) is 0 Å². The molecule has 6 heteroatoms. The molecule has 0 aliphatic rings. The molecule has 0 radical (unpaired) electrons. The standard InChI is InChI=1S/C17H18BrClN2O2/c1-21(10-11-23-14-8-6-13(19)7-9-14)12-17(22)20-16-5-3-2-4-15(16)18/h2-9H,10-12H2,1H3,(H,20,22)/p+1. The first-order chi connectivity index (χ1) is 11.0. The SMILES string of the molecule is C[NH+](CCOc1ccc(Cl)cc1)CC(=O)Nc1ccccc1Br. The van der Waals surface area contributed by atoms with Crippen LogP contribution in [-0.4, -0.2) is 32.7 Å². The highest BCUT2D eigenvalue weighted by Crippen LogP contribution is 2.20. The molecule has 0 aromatic heterocycles. The number of rotatable bonds is 7. The molecule has 0 saturated carbocycles. The molecule has 0 aliphatic heterocycles. The molecule has 0 heterocycles. The van der Waals surface area contributed by atoms with Gasteiger partial charge in [0.15, 0.2) is 6.54 Å². The Balaban J connectivity index is 1.71. The molecule has 0 spiro atoms. The Hall–Kier alpha value is -1.56. The summed E-state index contributed by atoms with van der Waals surface area (Å²) >= 11 is 9.24. The van der Waals surface area contributed by atoms with Crippen LogP contribution in [0.4, 0.5) is 5.69 Å². The highest BCUT2D eigenvalue weighted by atomic mass is 79.9. The van der Waals surface area contributed by atoms with Gasteiger partial charge in [0, 0.05) is 9.50 Å². The lowest BCUT2D eigenvalue weighted by atomic mass is 10.3. The summed E-state index contributed by atoms with van der Waals surface area (Å²) in [5.41, 5.74) is 0.780. The average Bonchev–Trinajstić information content (AvgIpc) is 2.51. The van der Waals surface area contributed by atoms with Crippen LogP contribution in [0.2, 0.25) is 5.02 Å². The minimum Gasteiger partial charge on any atom is -0.488 e. The maximum absolute atomic E-state index is 12.0. The van der Waals surface area contributed by atoms with Crippen molar-refractivity contribution in [3.63, 3.8) is 0 Å². The number of nitrogens with one attached hydrogen (secondary N) is 2. The van der Waals surface area contributed by atoms with Crippen LogP contribution in [0, 0.1) is 0 Å². The molecule has 2 N–H and O–H groups in total. The number of amides is 1. The van der Waals surface area contributed by atoms with Gasteiger partial charge in [0.05, 0.1) is 12.7 Å². The van der Waals surface area contributed by atoms with E-state index >= 15 is 0 Å². The van der Waals surface area contributed by atoms with Crippen LogP contribution in [-0.2, 0) is 4.79 Å². The normalized spacial score (nSPS) is 11.8.